The van der Waals surface area contributed by atoms with Crippen LogP contribution in [0.15, 0.2) is 53.3 Å². The van der Waals surface area contributed by atoms with E-state index < -0.39 is 0 Å². The van der Waals surface area contributed by atoms with Crippen LogP contribution in [0.4, 0.5) is 0 Å². The van der Waals surface area contributed by atoms with Crippen molar-refractivity contribution in [2.24, 2.45) is 5.73 Å². The molecule has 19 heavy (non-hydrogen) atoms. The van der Waals surface area contributed by atoms with Crippen molar-refractivity contribution in [3.05, 3.63) is 58.8 Å². The fourth-order valence-corrected chi connectivity index (χ4v) is 2.47. The molecular weight excluding hydrogens is 302 g/mol. The number of benzene rings is 1. The summed E-state index contributed by atoms with van der Waals surface area (Å²) in [6, 6.07) is 12.4. The van der Waals surface area contributed by atoms with Crippen LogP contribution in [-0.4, -0.2) is 15.9 Å². The van der Waals surface area contributed by atoms with Crippen molar-refractivity contribution >= 4 is 21.6 Å². The highest BCUT2D eigenvalue weighted by molar-refractivity contribution is 9.10. The number of nitrogens with zero attached hydrogens (tertiary/aromatic N) is 2. The van der Waals surface area contributed by atoms with Gasteiger partial charge in [0, 0.05) is 22.4 Å². The molecule has 0 unspecified atom stereocenters. The summed E-state index contributed by atoms with van der Waals surface area (Å²) in [6.07, 6.45) is 4.96. The summed E-state index contributed by atoms with van der Waals surface area (Å²) in [5.41, 5.74) is 9.87. The lowest BCUT2D eigenvalue weighted by Gasteiger charge is -2.00. The van der Waals surface area contributed by atoms with Gasteiger partial charge in [-0.15, -0.1) is 0 Å². The highest BCUT2D eigenvalue weighted by Gasteiger charge is 2.04. The maximum Gasteiger partial charge on any atom is 0.137 e. The molecule has 0 amide bonds. The van der Waals surface area contributed by atoms with Crippen LogP contribution in [-0.2, 0) is 6.42 Å². The Morgan fingerprint density at radius 1 is 1.05 bits per heavy atom. The molecule has 0 aliphatic heterocycles. The van der Waals surface area contributed by atoms with Gasteiger partial charge in [0.05, 0.1) is 5.69 Å². The number of hydrogen-bond acceptors (Lipinski definition) is 2. The molecule has 1 aromatic carbocycles. The van der Waals surface area contributed by atoms with Crippen LogP contribution in [0.3, 0.4) is 0 Å². The van der Waals surface area contributed by atoms with Crippen LogP contribution in [0.1, 0.15) is 5.56 Å². The second-order valence-electron chi connectivity index (χ2n) is 4.47. The molecule has 0 bridgehead atoms. The maximum absolute atomic E-state index is 5.55. The summed E-state index contributed by atoms with van der Waals surface area (Å²) < 4.78 is 3.06. The standard InChI is InChI=1S/C15H14BrN3/c16-13-5-6-15-18-14(10-19(15)9-13)12-3-1-11(2-4-12)7-8-17/h1-6,9-10H,7-8,17H2. The third-order valence-electron chi connectivity index (χ3n) is 3.10. The first-order chi connectivity index (χ1) is 9.26. The Kier molecular flexibility index (Phi) is 3.36. The van der Waals surface area contributed by atoms with Gasteiger partial charge in [-0.25, -0.2) is 4.98 Å². The monoisotopic (exact) mass is 315 g/mol. The molecule has 3 aromatic rings. The first-order valence-corrected chi connectivity index (χ1v) is 6.99. The van der Waals surface area contributed by atoms with E-state index in [1.54, 1.807) is 0 Å². The number of pyridine rings is 1. The minimum absolute atomic E-state index is 0.682. The van der Waals surface area contributed by atoms with E-state index in [0.29, 0.717) is 6.54 Å². The van der Waals surface area contributed by atoms with Crippen LogP contribution in [0.5, 0.6) is 0 Å². The third-order valence-corrected chi connectivity index (χ3v) is 3.57. The van der Waals surface area contributed by atoms with Crippen molar-refractivity contribution in [1.29, 1.82) is 0 Å². The topological polar surface area (TPSA) is 43.3 Å². The zero-order valence-corrected chi connectivity index (χ0v) is 12.0. The maximum atomic E-state index is 5.55. The van der Waals surface area contributed by atoms with Gasteiger partial charge in [0.2, 0.25) is 0 Å². The average molecular weight is 316 g/mol. The predicted octanol–water partition coefficient (Wildman–Crippen LogP) is 3.27. The molecule has 2 N–H and O–H groups in total. The van der Waals surface area contributed by atoms with E-state index in [9.17, 15) is 0 Å². The summed E-state index contributed by atoms with van der Waals surface area (Å²) >= 11 is 3.46. The largest absolute Gasteiger partial charge is 0.330 e. The lowest BCUT2D eigenvalue weighted by Crippen LogP contribution is -2.02. The van der Waals surface area contributed by atoms with E-state index in [1.165, 1.54) is 5.56 Å². The van der Waals surface area contributed by atoms with E-state index in [-0.39, 0.29) is 0 Å². The summed E-state index contributed by atoms with van der Waals surface area (Å²) in [6.45, 7) is 0.682. The van der Waals surface area contributed by atoms with Crippen LogP contribution in [0.2, 0.25) is 0 Å². The summed E-state index contributed by atoms with van der Waals surface area (Å²) in [5.74, 6) is 0. The van der Waals surface area contributed by atoms with E-state index in [0.717, 1.165) is 27.8 Å². The van der Waals surface area contributed by atoms with Gasteiger partial charge in [0.25, 0.3) is 0 Å². The van der Waals surface area contributed by atoms with Crippen molar-refractivity contribution in [2.45, 2.75) is 6.42 Å². The molecule has 2 aromatic heterocycles. The van der Waals surface area contributed by atoms with Gasteiger partial charge in [0.1, 0.15) is 5.65 Å². The van der Waals surface area contributed by atoms with Crippen molar-refractivity contribution in [1.82, 2.24) is 9.38 Å². The van der Waals surface area contributed by atoms with E-state index in [2.05, 4.69) is 45.2 Å². The molecule has 4 heteroatoms. The van der Waals surface area contributed by atoms with E-state index in [4.69, 9.17) is 5.73 Å². The average Bonchev–Trinajstić information content (AvgIpc) is 2.83. The molecule has 0 saturated carbocycles. The van der Waals surface area contributed by atoms with Gasteiger partial charge < -0.3 is 10.1 Å². The minimum Gasteiger partial charge on any atom is -0.330 e. The van der Waals surface area contributed by atoms with E-state index >= 15 is 0 Å². The molecule has 0 aliphatic rings. The van der Waals surface area contributed by atoms with Crippen molar-refractivity contribution in [2.75, 3.05) is 6.54 Å². The highest BCUT2D eigenvalue weighted by Crippen LogP contribution is 2.21. The minimum atomic E-state index is 0.682. The van der Waals surface area contributed by atoms with Crippen LogP contribution in [0, 0.1) is 0 Å². The number of halogens is 1. The summed E-state index contributed by atoms with van der Waals surface area (Å²) in [5, 5.41) is 0. The SMILES string of the molecule is NCCc1ccc(-c2cn3cc(Br)ccc3n2)cc1. The van der Waals surface area contributed by atoms with Crippen LogP contribution in [0.25, 0.3) is 16.9 Å². The van der Waals surface area contributed by atoms with E-state index in [1.807, 2.05) is 28.9 Å². The quantitative estimate of drug-likeness (QED) is 0.806. The van der Waals surface area contributed by atoms with Crippen molar-refractivity contribution in [3.63, 3.8) is 0 Å². The summed E-state index contributed by atoms with van der Waals surface area (Å²) in [7, 11) is 0. The molecule has 0 atom stereocenters. The normalized spacial score (nSPS) is 11.1. The Hall–Kier alpha value is -1.65. The first kappa shape index (κ1) is 12.4. The molecule has 2 heterocycles. The molecule has 0 aliphatic carbocycles. The Morgan fingerprint density at radius 2 is 1.84 bits per heavy atom. The van der Waals surface area contributed by atoms with Gasteiger partial charge in [-0.2, -0.15) is 0 Å². The van der Waals surface area contributed by atoms with Gasteiger partial charge in [0.15, 0.2) is 0 Å². The van der Waals surface area contributed by atoms with Gasteiger partial charge >= 0.3 is 0 Å². The van der Waals surface area contributed by atoms with Gasteiger partial charge in [-0.05, 0) is 46.6 Å². The Labute approximate surface area is 120 Å². The first-order valence-electron chi connectivity index (χ1n) is 6.20. The number of fused-ring (bicyclic) bond motifs is 1. The highest BCUT2D eigenvalue weighted by atomic mass is 79.9. The molecule has 3 rings (SSSR count). The Balaban J connectivity index is 1.99. The second kappa shape index (κ2) is 5.15. The number of nitrogens with two attached hydrogens (primary N) is 1. The lowest BCUT2D eigenvalue weighted by molar-refractivity contribution is 0.969. The number of rotatable bonds is 3. The number of imidazole rings is 1. The molecule has 96 valence electrons. The number of hydrogen-bond donors (Lipinski definition) is 1. The van der Waals surface area contributed by atoms with Crippen molar-refractivity contribution < 1.29 is 0 Å². The zero-order chi connectivity index (χ0) is 13.2. The predicted molar refractivity (Wildman–Crippen MR) is 81.1 cm³/mol. The molecular formula is C15H14BrN3. The molecule has 0 spiro atoms. The fraction of sp³-hybridized carbons (Fsp3) is 0.133. The summed E-state index contributed by atoms with van der Waals surface area (Å²) in [4.78, 5) is 4.62. The molecule has 3 nitrogen and oxygen atoms in total. The molecule has 0 saturated heterocycles. The molecule has 0 radical (unpaired) electrons. The zero-order valence-electron chi connectivity index (χ0n) is 10.4. The Morgan fingerprint density at radius 3 is 2.58 bits per heavy atom. The van der Waals surface area contributed by atoms with Crippen molar-refractivity contribution in [3.8, 4) is 11.3 Å². The van der Waals surface area contributed by atoms with Gasteiger partial charge in [-0.3, -0.25) is 0 Å². The van der Waals surface area contributed by atoms with Crippen LogP contribution >= 0.6 is 15.9 Å². The van der Waals surface area contributed by atoms with Crippen LogP contribution < -0.4 is 5.73 Å². The smallest absolute Gasteiger partial charge is 0.137 e. The number of aromatic nitrogens is 2. The lowest BCUT2D eigenvalue weighted by atomic mass is 10.1. The van der Waals surface area contributed by atoms with Gasteiger partial charge in [-0.1, -0.05) is 24.3 Å². The third kappa shape index (κ3) is 2.55. The fourth-order valence-electron chi connectivity index (χ4n) is 2.11. The second-order valence-corrected chi connectivity index (χ2v) is 5.39. The Bertz CT molecular complexity index is 701. The molecule has 0 fully saturated rings.